The molecule has 0 unspecified atom stereocenters. The summed E-state index contributed by atoms with van der Waals surface area (Å²) >= 11 is 1.30. The van der Waals surface area contributed by atoms with Crippen LogP contribution in [0.15, 0.2) is 53.7 Å². The molecule has 0 spiro atoms. The first-order chi connectivity index (χ1) is 12.5. The molecular formula is C16H14FN5O3S. The van der Waals surface area contributed by atoms with Crippen molar-refractivity contribution in [2.75, 3.05) is 5.84 Å². The van der Waals surface area contributed by atoms with Gasteiger partial charge in [-0.1, -0.05) is 23.9 Å². The molecule has 2 aromatic carbocycles. The van der Waals surface area contributed by atoms with Gasteiger partial charge in [-0.2, -0.15) is 0 Å². The largest absolute Gasteiger partial charge is 0.486 e. The normalized spacial score (nSPS) is 10.7. The predicted molar refractivity (Wildman–Crippen MR) is 93.6 cm³/mol. The fourth-order valence-corrected chi connectivity index (χ4v) is 2.91. The lowest BCUT2D eigenvalue weighted by molar-refractivity contribution is -0.384. The van der Waals surface area contributed by atoms with Gasteiger partial charge < -0.3 is 10.6 Å². The fourth-order valence-electron chi connectivity index (χ4n) is 2.09. The molecule has 0 fully saturated rings. The van der Waals surface area contributed by atoms with Gasteiger partial charge in [0, 0.05) is 17.9 Å². The van der Waals surface area contributed by atoms with Crippen LogP contribution in [-0.2, 0) is 12.4 Å². The summed E-state index contributed by atoms with van der Waals surface area (Å²) in [4.78, 5) is 10.4. The van der Waals surface area contributed by atoms with Crippen LogP contribution in [-0.4, -0.2) is 19.8 Å². The van der Waals surface area contributed by atoms with E-state index >= 15 is 0 Å². The van der Waals surface area contributed by atoms with E-state index in [1.807, 2.05) is 0 Å². The van der Waals surface area contributed by atoms with Crippen LogP contribution in [0.3, 0.4) is 0 Å². The molecule has 3 aromatic rings. The third kappa shape index (κ3) is 4.28. The Morgan fingerprint density at radius 1 is 1.23 bits per heavy atom. The highest BCUT2D eigenvalue weighted by Gasteiger charge is 2.12. The SMILES string of the molecule is Nn1c(COc2ccc(F)cc2)nnc1SCc1cccc([N+](=O)[O-])c1. The maximum atomic E-state index is 12.9. The van der Waals surface area contributed by atoms with Crippen LogP contribution < -0.4 is 10.6 Å². The topological polar surface area (TPSA) is 109 Å². The van der Waals surface area contributed by atoms with Gasteiger partial charge in [-0.05, 0) is 29.8 Å². The predicted octanol–water partition coefficient (Wildman–Crippen LogP) is 2.91. The average molecular weight is 375 g/mol. The molecule has 0 radical (unpaired) electrons. The van der Waals surface area contributed by atoms with Crippen LogP contribution in [0.25, 0.3) is 0 Å². The van der Waals surface area contributed by atoms with Gasteiger partial charge in [0.15, 0.2) is 5.82 Å². The van der Waals surface area contributed by atoms with E-state index < -0.39 is 4.92 Å². The van der Waals surface area contributed by atoms with E-state index in [0.29, 0.717) is 22.5 Å². The highest BCUT2D eigenvalue weighted by Crippen LogP contribution is 2.23. The van der Waals surface area contributed by atoms with Gasteiger partial charge in [0.2, 0.25) is 5.16 Å². The Morgan fingerprint density at radius 2 is 2.00 bits per heavy atom. The van der Waals surface area contributed by atoms with Crippen LogP contribution in [0.2, 0.25) is 0 Å². The number of nitrogen functional groups attached to an aromatic ring is 1. The van der Waals surface area contributed by atoms with E-state index in [4.69, 9.17) is 10.6 Å². The molecule has 0 aliphatic carbocycles. The lowest BCUT2D eigenvalue weighted by Crippen LogP contribution is -2.15. The summed E-state index contributed by atoms with van der Waals surface area (Å²) in [5, 5.41) is 19.2. The number of aromatic nitrogens is 3. The second-order valence-electron chi connectivity index (χ2n) is 5.23. The quantitative estimate of drug-likeness (QED) is 0.293. The number of nitro benzene ring substituents is 1. The van der Waals surface area contributed by atoms with Crippen molar-refractivity contribution in [1.82, 2.24) is 14.9 Å². The molecule has 3 rings (SSSR count). The standard InChI is InChI=1S/C16H14FN5O3S/c17-12-4-6-14(7-5-12)25-9-15-19-20-16(21(15)18)26-10-11-2-1-3-13(8-11)22(23)24/h1-8H,9-10,18H2. The van der Waals surface area contributed by atoms with E-state index in [9.17, 15) is 14.5 Å². The molecule has 2 N–H and O–H groups in total. The number of ether oxygens (including phenoxy) is 1. The highest BCUT2D eigenvalue weighted by molar-refractivity contribution is 7.98. The lowest BCUT2D eigenvalue weighted by atomic mass is 10.2. The van der Waals surface area contributed by atoms with Gasteiger partial charge >= 0.3 is 0 Å². The molecule has 8 nitrogen and oxygen atoms in total. The van der Waals surface area contributed by atoms with E-state index in [1.165, 1.54) is 52.8 Å². The third-order valence-electron chi connectivity index (χ3n) is 3.41. The monoisotopic (exact) mass is 375 g/mol. The number of rotatable bonds is 7. The lowest BCUT2D eigenvalue weighted by Gasteiger charge is -2.06. The van der Waals surface area contributed by atoms with Crippen LogP contribution in [0.5, 0.6) is 5.75 Å². The molecule has 1 heterocycles. The molecule has 134 valence electrons. The van der Waals surface area contributed by atoms with Crippen LogP contribution in [0.1, 0.15) is 11.4 Å². The Kier molecular flexibility index (Phi) is 5.32. The number of non-ortho nitro benzene ring substituents is 1. The zero-order valence-electron chi connectivity index (χ0n) is 13.4. The molecule has 0 bridgehead atoms. The Labute approximate surface area is 151 Å². The van der Waals surface area contributed by atoms with Crippen molar-refractivity contribution in [2.45, 2.75) is 17.5 Å². The first-order valence-electron chi connectivity index (χ1n) is 7.47. The van der Waals surface area contributed by atoms with Gasteiger partial charge in [0.25, 0.3) is 5.69 Å². The van der Waals surface area contributed by atoms with Crippen molar-refractivity contribution in [1.29, 1.82) is 0 Å². The van der Waals surface area contributed by atoms with E-state index in [2.05, 4.69) is 10.2 Å². The molecule has 0 saturated heterocycles. The molecule has 0 saturated carbocycles. The molecule has 0 atom stereocenters. The number of nitrogens with two attached hydrogens (primary N) is 1. The number of thioether (sulfide) groups is 1. The highest BCUT2D eigenvalue weighted by atomic mass is 32.2. The van der Waals surface area contributed by atoms with Gasteiger partial charge in [-0.25, -0.2) is 9.07 Å². The fraction of sp³-hybridized carbons (Fsp3) is 0.125. The number of nitro groups is 1. The minimum atomic E-state index is -0.440. The second-order valence-corrected chi connectivity index (χ2v) is 6.17. The smallest absolute Gasteiger partial charge is 0.269 e. The van der Waals surface area contributed by atoms with Crippen molar-refractivity contribution in [3.63, 3.8) is 0 Å². The summed E-state index contributed by atoms with van der Waals surface area (Å²) in [6.45, 7) is 0.0759. The van der Waals surface area contributed by atoms with Gasteiger partial charge in [-0.15, -0.1) is 10.2 Å². The van der Waals surface area contributed by atoms with E-state index in [1.54, 1.807) is 12.1 Å². The van der Waals surface area contributed by atoms with Crippen molar-refractivity contribution < 1.29 is 14.1 Å². The minimum Gasteiger partial charge on any atom is -0.486 e. The van der Waals surface area contributed by atoms with Gasteiger partial charge in [0.05, 0.1) is 4.92 Å². The van der Waals surface area contributed by atoms with Crippen molar-refractivity contribution in [2.24, 2.45) is 0 Å². The Hall–Kier alpha value is -3.14. The molecular weight excluding hydrogens is 361 g/mol. The number of hydrogen-bond acceptors (Lipinski definition) is 7. The van der Waals surface area contributed by atoms with E-state index in [0.717, 1.165) is 5.56 Å². The van der Waals surface area contributed by atoms with Crippen LogP contribution in [0.4, 0.5) is 10.1 Å². The van der Waals surface area contributed by atoms with Gasteiger partial charge in [0.1, 0.15) is 18.2 Å². The molecule has 0 aliphatic rings. The third-order valence-corrected chi connectivity index (χ3v) is 4.42. The maximum Gasteiger partial charge on any atom is 0.269 e. The number of hydrogen-bond donors (Lipinski definition) is 1. The van der Waals surface area contributed by atoms with Crippen molar-refractivity contribution >= 4 is 17.4 Å². The summed E-state index contributed by atoms with van der Waals surface area (Å²) in [5.74, 6) is 6.95. The van der Waals surface area contributed by atoms with Crippen molar-refractivity contribution in [3.05, 3.63) is 75.9 Å². The zero-order valence-corrected chi connectivity index (χ0v) is 14.2. The summed E-state index contributed by atoms with van der Waals surface area (Å²) in [7, 11) is 0. The van der Waals surface area contributed by atoms with Crippen LogP contribution in [0, 0.1) is 15.9 Å². The number of benzene rings is 2. The first kappa shape index (κ1) is 17.7. The van der Waals surface area contributed by atoms with E-state index in [-0.39, 0.29) is 18.1 Å². The second kappa shape index (κ2) is 7.83. The molecule has 1 aromatic heterocycles. The summed E-state index contributed by atoms with van der Waals surface area (Å²) in [6.07, 6.45) is 0. The zero-order chi connectivity index (χ0) is 18.5. The van der Waals surface area contributed by atoms with Gasteiger partial charge in [-0.3, -0.25) is 10.1 Å². The molecule has 0 amide bonds. The maximum absolute atomic E-state index is 12.9. The Morgan fingerprint density at radius 3 is 2.73 bits per heavy atom. The minimum absolute atomic E-state index is 0.0331. The number of nitrogens with zero attached hydrogens (tertiary/aromatic N) is 4. The Bertz CT molecular complexity index is 917. The molecule has 10 heteroatoms. The number of halogens is 1. The molecule has 0 aliphatic heterocycles. The summed E-state index contributed by atoms with van der Waals surface area (Å²) < 4.78 is 19.7. The average Bonchev–Trinajstić information content (AvgIpc) is 2.99. The summed E-state index contributed by atoms with van der Waals surface area (Å²) in [5.41, 5.74) is 0.807. The molecule has 26 heavy (non-hydrogen) atoms. The first-order valence-corrected chi connectivity index (χ1v) is 8.45. The van der Waals surface area contributed by atoms with Crippen molar-refractivity contribution in [3.8, 4) is 5.75 Å². The summed E-state index contributed by atoms with van der Waals surface area (Å²) in [6, 6.07) is 12.0. The Balaban J connectivity index is 1.61. The van der Waals surface area contributed by atoms with Crippen LogP contribution >= 0.6 is 11.8 Å².